The number of H-pyrrole nitrogens is 1. The van der Waals surface area contributed by atoms with Crippen LogP contribution in [0.25, 0.3) is 16.8 Å². The van der Waals surface area contributed by atoms with Gasteiger partial charge < -0.3 is 25.4 Å². The van der Waals surface area contributed by atoms with Gasteiger partial charge in [-0.25, -0.2) is 19.5 Å². The first-order valence-corrected chi connectivity index (χ1v) is 8.41. The van der Waals surface area contributed by atoms with E-state index in [4.69, 9.17) is 25.0 Å². The summed E-state index contributed by atoms with van der Waals surface area (Å²) in [5.74, 6) is -0.442. The molecule has 4 aromatic heterocycles. The average Bonchev–Trinajstić information content (AvgIpc) is 3.22. The van der Waals surface area contributed by atoms with Crippen LogP contribution >= 0.6 is 7.82 Å². The minimum atomic E-state index is -4.64. The van der Waals surface area contributed by atoms with Crippen LogP contribution in [-0.4, -0.2) is 49.9 Å². The number of aromatic nitrogens is 6. The lowest BCUT2D eigenvalue weighted by atomic mass is 10.3. The number of carbonyl (C=O) groups excluding carboxylic acids is 1. The van der Waals surface area contributed by atoms with Crippen molar-refractivity contribution < 1.29 is 24.0 Å². The number of phosphoric acid groups is 1. The maximum absolute atomic E-state index is 10.4. The molecule has 0 radical (unpaired) electrons. The summed E-state index contributed by atoms with van der Waals surface area (Å²) in [6.45, 7) is 0. The highest BCUT2D eigenvalue weighted by Crippen LogP contribution is 2.25. The van der Waals surface area contributed by atoms with E-state index in [1.165, 1.54) is 6.20 Å². The molecular formula is C13H14N7O5P. The van der Waals surface area contributed by atoms with E-state index in [0.29, 0.717) is 11.2 Å². The highest BCUT2D eigenvalue weighted by atomic mass is 31.2. The van der Waals surface area contributed by atoms with Crippen molar-refractivity contribution in [3.05, 3.63) is 55.1 Å². The van der Waals surface area contributed by atoms with Gasteiger partial charge in [0.1, 0.15) is 11.8 Å². The van der Waals surface area contributed by atoms with Crippen molar-refractivity contribution in [3.8, 4) is 0 Å². The zero-order valence-corrected chi connectivity index (χ0v) is 13.9. The van der Waals surface area contributed by atoms with Crippen LogP contribution in [0.15, 0.2) is 49.6 Å². The molecule has 0 saturated heterocycles. The summed E-state index contributed by atoms with van der Waals surface area (Å²) in [5, 5.41) is 0. The number of amides is 1. The maximum atomic E-state index is 10.4. The lowest BCUT2D eigenvalue weighted by Gasteiger charge is -1.91. The molecule has 1 amide bonds. The van der Waals surface area contributed by atoms with Crippen molar-refractivity contribution >= 4 is 30.5 Å². The van der Waals surface area contributed by atoms with Crippen LogP contribution in [0.2, 0.25) is 0 Å². The predicted octanol–water partition coefficient (Wildman–Crippen LogP) is -0.143. The number of hydrogen-bond donors (Lipinski definition) is 5. The Morgan fingerprint density at radius 3 is 2.50 bits per heavy atom. The van der Waals surface area contributed by atoms with Gasteiger partial charge in [-0.15, -0.1) is 0 Å². The number of pyridine rings is 1. The maximum Gasteiger partial charge on any atom is 0.466 e. The number of hydrogen-bond acceptors (Lipinski definition) is 6. The van der Waals surface area contributed by atoms with Crippen LogP contribution in [0.1, 0.15) is 10.4 Å². The molecule has 4 rings (SSSR count). The van der Waals surface area contributed by atoms with E-state index in [2.05, 4.69) is 24.9 Å². The smallest absolute Gasteiger partial charge is 0.366 e. The van der Waals surface area contributed by atoms with Gasteiger partial charge in [0.15, 0.2) is 11.3 Å². The quantitative estimate of drug-likeness (QED) is 0.280. The summed E-state index contributed by atoms with van der Waals surface area (Å²) >= 11 is 0. The Hall–Kier alpha value is -3.18. The summed E-state index contributed by atoms with van der Waals surface area (Å²) < 4.78 is 10.7. The van der Waals surface area contributed by atoms with Crippen molar-refractivity contribution in [1.82, 2.24) is 29.3 Å². The van der Waals surface area contributed by atoms with E-state index >= 15 is 0 Å². The first-order chi connectivity index (χ1) is 12.3. The fourth-order valence-corrected chi connectivity index (χ4v) is 1.77. The minimum Gasteiger partial charge on any atom is -0.366 e. The second-order valence-corrected chi connectivity index (χ2v) is 5.65. The number of primary amides is 1. The van der Waals surface area contributed by atoms with Gasteiger partial charge in [0, 0.05) is 24.8 Å². The summed E-state index contributed by atoms with van der Waals surface area (Å²) in [4.78, 5) is 51.0. The van der Waals surface area contributed by atoms with E-state index in [1.807, 2.05) is 10.6 Å². The van der Waals surface area contributed by atoms with Gasteiger partial charge >= 0.3 is 7.82 Å². The lowest BCUT2D eigenvalue weighted by Crippen LogP contribution is -2.10. The van der Waals surface area contributed by atoms with Gasteiger partial charge in [0.25, 0.3) is 0 Å². The Morgan fingerprint density at radius 1 is 1.19 bits per heavy atom. The highest BCUT2D eigenvalue weighted by molar-refractivity contribution is 7.45. The number of nitrogens with one attached hydrogen (secondary N) is 1. The standard InChI is InChI=1S/C7H5N5.C6H6N2O.H3O4P/c1-2-12-4-11-6-5(7(12)8-1)9-3-10-6;7-6(9)5-2-1-3-8-4-5;1-5(2,3)4/h1-4H,(H,9,10);1-4H,(H2,7,9);(H3,1,2,3,4). The molecule has 26 heavy (non-hydrogen) atoms. The molecule has 0 aliphatic carbocycles. The number of imidazole rings is 2. The second-order valence-electron chi connectivity index (χ2n) is 4.62. The molecule has 4 heterocycles. The zero-order valence-electron chi connectivity index (χ0n) is 13.0. The molecule has 0 aliphatic rings. The van der Waals surface area contributed by atoms with E-state index in [1.54, 1.807) is 37.2 Å². The van der Waals surface area contributed by atoms with Gasteiger partial charge in [-0.2, -0.15) is 0 Å². The van der Waals surface area contributed by atoms with Crippen LogP contribution in [0, 0.1) is 0 Å². The van der Waals surface area contributed by atoms with Gasteiger partial charge in [0.05, 0.1) is 11.9 Å². The molecule has 13 heteroatoms. The monoisotopic (exact) mass is 379 g/mol. The third-order valence-electron chi connectivity index (χ3n) is 2.76. The molecule has 0 unspecified atom stereocenters. The molecule has 0 spiro atoms. The van der Waals surface area contributed by atoms with E-state index in [-0.39, 0.29) is 0 Å². The Bertz CT molecular complexity index is 985. The molecule has 136 valence electrons. The summed E-state index contributed by atoms with van der Waals surface area (Å²) in [5.41, 5.74) is 7.82. The summed E-state index contributed by atoms with van der Waals surface area (Å²) in [6, 6.07) is 3.29. The first kappa shape index (κ1) is 19.1. The Balaban J connectivity index is 0.000000155. The van der Waals surface area contributed by atoms with Crippen molar-refractivity contribution in [2.24, 2.45) is 5.73 Å². The van der Waals surface area contributed by atoms with Crippen LogP contribution in [0.4, 0.5) is 0 Å². The van der Waals surface area contributed by atoms with Gasteiger partial charge in [-0.3, -0.25) is 14.2 Å². The SMILES string of the molecule is NC(=O)c1cccnc1.O=P(O)(O)O.c1cn2cnc3nc[nH]c3c2n1. The van der Waals surface area contributed by atoms with Crippen molar-refractivity contribution in [1.29, 1.82) is 0 Å². The molecule has 4 aromatic rings. The molecule has 0 fully saturated rings. The topological polar surface area (TPSA) is 193 Å². The molecule has 6 N–H and O–H groups in total. The Morgan fingerprint density at radius 2 is 1.92 bits per heavy atom. The average molecular weight is 379 g/mol. The van der Waals surface area contributed by atoms with Crippen LogP contribution in [0.3, 0.4) is 0 Å². The Labute approximate surface area is 145 Å². The number of carbonyl (C=O) groups is 1. The number of nitrogens with zero attached hydrogens (tertiary/aromatic N) is 5. The number of aromatic amines is 1. The van der Waals surface area contributed by atoms with Crippen LogP contribution < -0.4 is 5.73 Å². The molecule has 0 saturated carbocycles. The number of rotatable bonds is 1. The molecule has 12 nitrogen and oxygen atoms in total. The minimum absolute atomic E-state index is 0.442. The predicted molar refractivity (Wildman–Crippen MR) is 89.7 cm³/mol. The Kier molecular flexibility index (Phi) is 6.09. The van der Waals surface area contributed by atoms with Crippen molar-refractivity contribution in [2.75, 3.05) is 0 Å². The fraction of sp³-hybridized carbons (Fsp3) is 0. The first-order valence-electron chi connectivity index (χ1n) is 6.84. The summed E-state index contributed by atoms with van der Waals surface area (Å²) in [7, 11) is -4.64. The van der Waals surface area contributed by atoms with E-state index in [0.717, 1.165) is 11.2 Å². The molecule has 0 atom stereocenters. The van der Waals surface area contributed by atoms with E-state index in [9.17, 15) is 4.79 Å². The highest BCUT2D eigenvalue weighted by Gasteiger charge is 2.03. The van der Waals surface area contributed by atoms with Gasteiger partial charge in [-0.1, -0.05) is 0 Å². The van der Waals surface area contributed by atoms with Crippen LogP contribution in [0.5, 0.6) is 0 Å². The molecule has 0 aliphatic heterocycles. The summed E-state index contributed by atoms with van der Waals surface area (Å²) in [6.07, 6.45) is 9.92. The van der Waals surface area contributed by atoms with E-state index < -0.39 is 13.7 Å². The van der Waals surface area contributed by atoms with Gasteiger partial charge in [0.2, 0.25) is 5.91 Å². The third kappa shape index (κ3) is 5.72. The third-order valence-corrected chi connectivity index (χ3v) is 2.76. The number of fused-ring (bicyclic) bond motifs is 3. The second kappa shape index (κ2) is 8.27. The van der Waals surface area contributed by atoms with Gasteiger partial charge in [-0.05, 0) is 12.1 Å². The normalized spacial score (nSPS) is 10.6. The number of nitrogens with two attached hydrogens (primary N) is 1. The largest absolute Gasteiger partial charge is 0.466 e. The van der Waals surface area contributed by atoms with Crippen LogP contribution in [-0.2, 0) is 4.57 Å². The molecular weight excluding hydrogens is 365 g/mol. The van der Waals surface area contributed by atoms with Crippen molar-refractivity contribution in [2.45, 2.75) is 0 Å². The molecule has 0 bridgehead atoms. The fourth-order valence-electron chi connectivity index (χ4n) is 1.77. The van der Waals surface area contributed by atoms with Crippen molar-refractivity contribution in [3.63, 3.8) is 0 Å². The molecule has 0 aromatic carbocycles. The lowest BCUT2D eigenvalue weighted by molar-refractivity contribution is 0.1000. The zero-order chi connectivity index (χ0) is 19.2.